The molecule has 5 heterocycles. The highest BCUT2D eigenvalue weighted by Crippen LogP contribution is 2.69. The summed E-state index contributed by atoms with van der Waals surface area (Å²) in [7, 11) is 0. The third-order valence-corrected chi connectivity index (χ3v) is 9.69. The van der Waals surface area contributed by atoms with Crippen LogP contribution in [0.2, 0.25) is 0 Å². The summed E-state index contributed by atoms with van der Waals surface area (Å²) in [6.45, 7) is 2.37. The lowest BCUT2D eigenvalue weighted by atomic mass is 9.96. The molecular weight excluding hydrogens is 640 g/mol. The van der Waals surface area contributed by atoms with Crippen molar-refractivity contribution in [3.8, 4) is 11.1 Å². The van der Waals surface area contributed by atoms with E-state index in [2.05, 4.69) is 14.7 Å². The normalized spacial score (nSPS) is 24.2. The van der Waals surface area contributed by atoms with Crippen molar-refractivity contribution in [3.63, 3.8) is 0 Å². The molecule has 0 spiro atoms. The quantitative estimate of drug-likeness (QED) is 0.196. The molecule has 6 rings (SSSR count). The number of esters is 1. The van der Waals surface area contributed by atoms with Crippen LogP contribution in [-0.2, 0) is 38.4 Å². The summed E-state index contributed by atoms with van der Waals surface area (Å²) in [5.41, 5.74) is -3.97. The highest BCUT2D eigenvalue weighted by molar-refractivity contribution is 7.19. The van der Waals surface area contributed by atoms with Gasteiger partial charge in [0.2, 0.25) is 11.5 Å². The molecule has 2 amide bonds. The molecule has 17 heteroatoms. The van der Waals surface area contributed by atoms with Crippen LogP contribution >= 0.6 is 11.3 Å². The number of fused-ring (bicyclic) bond motifs is 2. The molecule has 3 aromatic heterocycles. The van der Waals surface area contributed by atoms with Crippen LogP contribution in [0.5, 0.6) is 0 Å². The average molecular weight is 663 g/mol. The number of amides is 2. The molecule has 2 unspecified atom stereocenters. The molecule has 1 aliphatic carbocycles. The summed E-state index contributed by atoms with van der Waals surface area (Å²) in [6, 6.07) is 3.75. The van der Waals surface area contributed by atoms with E-state index in [1.54, 1.807) is 0 Å². The Morgan fingerprint density at radius 3 is 2.33 bits per heavy atom. The van der Waals surface area contributed by atoms with Gasteiger partial charge in [0, 0.05) is 34.3 Å². The van der Waals surface area contributed by atoms with Crippen molar-refractivity contribution in [2.24, 2.45) is 11.3 Å². The van der Waals surface area contributed by atoms with Gasteiger partial charge in [-0.1, -0.05) is 13.8 Å². The molecule has 45 heavy (non-hydrogen) atoms. The van der Waals surface area contributed by atoms with Gasteiger partial charge in [0.25, 0.3) is 11.8 Å². The van der Waals surface area contributed by atoms with Crippen molar-refractivity contribution >= 4 is 39.3 Å². The fraction of sp³-hybridized carbons (Fsp3) is 0.464. The molecule has 1 saturated carbocycles. The second kappa shape index (κ2) is 9.64. The number of hydrogen-bond donors (Lipinski definition) is 0. The summed E-state index contributed by atoms with van der Waals surface area (Å²) in [5.74, 6) is -8.79. The second-order valence-corrected chi connectivity index (χ2v) is 13.0. The van der Waals surface area contributed by atoms with Gasteiger partial charge >= 0.3 is 18.3 Å². The summed E-state index contributed by atoms with van der Waals surface area (Å²) < 4.78 is 112. The van der Waals surface area contributed by atoms with Gasteiger partial charge in [-0.15, -0.1) is 11.3 Å². The molecule has 0 radical (unpaired) electrons. The maximum atomic E-state index is 13.8. The first-order valence-electron chi connectivity index (χ1n) is 13.4. The third-order valence-electron chi connectivity index (χ3n) is 8.54. The maximum Gasteiger partial charge on any atom is 0.490 e. The molecule has 0 N–H and O–H groups in total. The van der Waals surface area contributed by atoms with Gasteiger partial charge in [-0.3, -0.25) is 24.4 Å². The first-order valence-corrected chi connectivity index (χ1v) is 14.2. The summed E-state index contributed by atoms with van der Waals surface area (Å²) in [4.78, 5) is 48.5. The van der Waals surface area contributed by atoms with Crippen molar-refractivity contribution < 1.29 is 54.2 Å². The van der Waals surface area contributed by atoms with Crippen LogP contribution in [0.25, 0.3) is 21.3 Å². The second-order valence-electron chi connectivity index (χ2n) is 11.9. The molecule has 2 atom stereocenters. The number of piperidine rings is 1. The number of carbonyl (C=O) groups excluding carboxylic acids is 3. The molecule has 3 aromatic rings. The Morgan fingerprint density at radius 2 is 1.73 bits per heavy atom. The topological polar surface area (TPSA) is 92.7 Å². The zero-order valence-electron chi connectivity index (χ0n) is 23.6. The Bertz CT molecular complexity index is 1780. The Kier molecular flexibility index (Phi) is 6.70. The van der Waals surface area contributed by atoms with Gasteiger partial charge in [-0.25, -0.2) is 18.6 Å². The Labute approximate surface area is 253 Å². The maximum absolute atomic E-state index is 13.8. The number of carbonyl (C=O) groups is 3. The zero-order chi connectivity index (χ0) is 33.1. The number of thiophene rings is 1. The molecule has 3 aliphatic rings. The molecule has 8 nitrogen and oxygen atoms in total. The summed E-state index contributed by atoms with van der Waals surface area (Å²) in [6.07, 6.45) is -8.88. The van der Waals surface area contributed by atoms with Crippen LogP contribution in [0.15, 0.2) is 24.4 Å². The SMILES string of the molecule is Cc1nc(C(F)(F)F)cc(-c2ccnc3cc(CN4C(=O)C5C(C)(C)C5(OC(=O)C(F)(F)F)C4=O)sc23)c1CN1CC(F)(F)C1. The Morgan fingerprint density at radius 1 is 1.07 bits per heavy atom. The van der Waals surface area contributed by atoms with E-state index in [0.29, 0.717) is 20.0 Å². The monoisotopic (exact) mass is 662 g/mol. The van der Waals surface area contributed by atoms with E-state index in [-0.39, 0.29) is 28.9 Å². The van der Waals surface area contributed by atoms with Crippen molar-refractivity contribution in [2.45, 2.75) is 57.7 Å². The first-order chi connectivity index (χ1) is 20.7. The fourth-order valence-electron chi connectivity index (χ4n) is 6.31. The van der Waals surface area contributed by atoms with E-state index >= 15 is 0 Å². The smallest absolute Gasteiger partial charge is 0.441 e. The van der Waals surface area contributed by atoms with Crippen molar-refractivity contribution in [1.82, 2.24) is 19.8 Å². The summed E-state index contributed by atoms with van der Waals surface area (Å²) >= 11 is 0.977. The van der Waals surface area contributed by atoms with Gasteiger partial charge in [-0.05, 0) is 36.2 Å². The fourth-order valence-corrected chi connectivity index (χ4v) is 7.44. The van der Waals surface area contributed by atoms with Crippen LogP contribution < -0.4 is 0 Å². The minimum Gasteiger partial charge on any atom is -0.441 e. The predicted octanol–water partition coefficient (Wildman–Crippen LogP) is 5.51. The first kappa shape index (κ1) is 31.3. The van der Waals surface area contributed by atoms with Gasteiger partial charge in [0.15, 0.2) is 0 Å². The van der Waals surface area contributed by atoms with Crippen LogP contribution in [0.4, 0.5) is 35.1 Å². The number of alkyl halides is 8. The number of rotatable bonds is 6. The average Bonchev–Trinajstić information content (AvgIpc) is 3.12. The zero-order valence-corrected chi connectivity index (χ0v) is 24.4. The van der Waals surface area contributed by atoms with Gasteiger partial charge in [0.05, 0.1) is 35.8 Å². The molecular formula is C28H22F8N4O4S. The van der Waals surface area contributed by atoms with Crippen LogP contribution in [-0.4, -0.2) is 68.3 Å². The molecule has 0 aromatic carbocycles. The van der Waals surface area contributed by atoms with Gasteiger partial charge in [-0.2, -0.15) is 26.3 Å². The lowest BCUT2D eigenvalue weighted by molar-refractivity contribution is -0.209. The van der Waals surface area contributed by atoms with Crippen molar-refractivity contribution in [3.05, 3.63) is 46.2 Å². The van der Waals surface area contributed by atoms with Crippen LogP contribution in [0.3, 0.4) is 0 Å². The number of halogens is 8. The highest BCUT2D eigenvalue weighted by Gasteiger charge is 2.88. The summed E-state index contributed by atoms with van der Waals surface area (Å²) in [5, 5.41) is 0. The highest BCUT2D eigenvalue weighted by atomic mass is 32.1. The van der Waals surface area contributed by atoms with E-state index in [1.807, 2.05) is 0 Å². The number of aryl methyl sites for hydroxylation is 1. The van der Waals surface area contributed by atoms with E-state index in [0.717, 1.165) is 17.4 Å². The minimum atomic E-state index is -5.39. The predicted molar refractivity (Wildman–Crippen MR) is 141 cm³/mol. The number of imide groups is 1. The Hall–Kier alpha value is -3.73. The minimum absolute atomic E-state index is 0.00872. The number of aromatic nitrogens is 2. The standard InChI is InChI=1S/C28H22F8N4O4S/c1-12-16(9-39-10-25(29,30)11-39)15(7-18(38-12)27(31,32)33)14-4-5-37-17-6-13(45-19(14)17)8-40-21(41)20-24(2,3)26(20,22(40)42)44-23(43)28(34,35)36/h4-7,20H,8-11H2,1-3H3. The van der Waals surface area contributed by atoms with E-state index < -0.39 is 78.3 Å². The molecule has 3 fully saturated rings. The van der Waals surface area contributed by atoms with Gasteiger partial charge < -0.3 is 4.74 Å². The van der Waals surface area contributed by atoms with E-state index in [4.69, 9.17) is 0 Å². The van der Waals surface area contributed by atoms with Crippen molar-refractivity contribution in [1.29, 1.82) is 0 Å². The lowest BCUT2D eigenvalue weighted by Crippen LogP contribution is -2.55. The number of nitrogens with zero attached hydrogens (tertiary/aromatic N) is 4. The molecule has 2 saturated heterocycles. The van der Waals surface area contributed by atoms with E-state index in [9.17, 15) is 49.5 Å². The van der Waals surface area contributed by atoms with Crippen molar-refractivity contribution in [2.75, 3.05) is 13.1 Å². The molecule has 2 aliphatic heterocycles. The number of likely N-dealkylation sites (tertiary alicyclic amines) is 2. The number of ether oxygens (including phenoxy) is 1. The third kappa shape index (κ3) is 4.85. The molecule has 240 valence electrons. The number of hydrogen-bond acceptors (Lipinski definition) is 8. The van der Waals surface area contributed by atoms with Gasteiger partial charge in [0.1, 0.15) is 5.69 Å². The van der Waals surface area contributed by atoms with Crippen LogP contribution in [0.1, 0.15) is 35.7 Å². The lowest BCUT2D eigenvalue weighted by Gasteiger charge is -2.39. The number of pyridine rings is 2. The Balaban J connectivity index is 1.36. The van der Waals surface area contributed by atoms with Crippen LogP contribution in [0, 0.1) is 18.3 Å². The largest absolute Gasteiger partial charge is 0.490 e. The molecule has 0 bridgehead atoms. The van der Waals surface area contributed by atoms with E-state index in [1.165, 1.54) is 44.0 Å².